The molecule has 0 N–H and O–H groups in total. The van der Waals surface area contributed by atoms with Gasteiger partial charge in [-0.25, -0.2) is 4.79 Å². The molecule has 2 heterocycles. The molecule has 1 fully saturated rings. The van der Waals surface area contributed by atoms with E-state index in [1.54, 1.807) is 4.90 Å². The number of carbonyl (C=O) groups excluding carboxylic acids is 1. The maximum atomic E-state index is 12.5. The number of ether oxygens (including phenoxy) is 2. The number of hydrogen-bond donors (Lipinski definition) is 0. The molecule has 146 valence electrons. The van der Waals surface area contributed by atoms with Crippen molar-refractivity contribution >= 4 is 12.0 Å². The van der Waals surface area contributed by atoms with Crippen molar-refractivity contribution in [3.05, 3.63) is 71.8 Å². The van der Waals surface area contributed by atoms with Crippen molar-refractivity contribution in [2.75, 3.05) is 13.1 Å². The lowest BCUT2D eigenvalue weighted by Gasteiger charge is -2.37. The quantitative estimate of drug-likeness (QED) is 0.801. The summed E-state index contributed by atoms with van der Waals surface area (Å²) in [5.74, 6) is 0.586. The summed E-state index contributed by atoms with van der Waals surface area (Å²) in [4.78, 5) is 19.9. The first-order valence-electron chi connectivity index (χ1n) is 9.60. The van der Waals surface area contributed by atoms with Gasteiger partial charge in [-0.15, -0.1) is 0 Å². The zero-order valence-electron chi connectivity index (χ0n) is 15.8. The van der Waals surface area contributed by atoms with E-state index in [0.717, 1.165) is 24.0 Å². The van der Waals surface area contributed by atoms with Gasteiger partial charge in [0.15, 0.2) is 5.60 Å². The molecule has 2 aromatic carbocycles. The van der Waals surface area contributed by atoms with E-state index in [-0.39, 0.29) is 12.7 Å². The third-order valence-electron chi connectivity index (χ3n) is 5.07. The molecule has 4 rings (SSSR count). The summed E-state index contributed by atoms with van der Waals surface area (Å²) in [6.07, 6.45) is 1.95. The summed E-state index contributed by atoms with van der Waals surface area (Å²) in [6.45, 7) is 1.86. The fourth-order valence-electron chi connectivity index (χ4n) is 3.59. The van der Waals surface area contributed by atoms with Crippen LogP contribution >= 0.6 is 0 Å². The van der Waals surface area contributed by atoms with Gasteiger partial charge in [-0.2, -0.15) is 0 Å². The van der Waals surface area contributed by atoms with Gasteiger partial charge < -0.3 is 19.2 Å². The first-order chi connectivity index (χ1) is 13.7. The van der Waals surface area contributed by atoms with E-state index in [1.807, 2.05) is 60.7 Å². The van der Waals surface area contributed by atoms with Crippen LogP contribution in [-0.2, 0) is 27.5 Å². The Bertz CT molecular complexity index is 825. The van der Waals surface area contributed by atoms with Gasteiger partial charge in [-0.1, -0.05) is 65.8 Å². The Morgan fingerprint density at radius 1 is 1.04 bits per heavy atom. The van der Waals surface area contributed by atoms with Crippen molar-refractivity contribution in [1.82, 2.24) is 4.90 Å². The zero-order chi connectivity index (χ0) is 19.2. The molecule has 1 unspecified atom stereocenters. The van der Waals surface area contributed by atoms with Crippen molar-refractivity contribution < 1.29 is 19.1 Å². The SMILES string of the molecule is O=C(OCc1ccccc1)N1CCCC2(CC(OCc3ccccc3)=NO2)C1. The van der Waals surface area contributed by atoms with Crippen molar-refractivity contribution in [2.24, 2.45) is 5.16 Å². The average Bonchev–Trinajstić information content (AvgIpc) is 3.14. The van der Waals surface area contributed by atoms with Crippen LogP contribution in [0.1, 0.15) is 30.4 Å². The zero-order valence-corrected chi connectivity index (χ0v) is 15.8. The molecule has 1 saturated heterocycles. The lowest BCUT2D eigenvalue weighted by atomic mass is 9.90. The molecule has 0 radical (unpaired) electrons. The van der Waals surface area contributed by atoms with Gasteiger partial charge in [-0.05, 0) is 24.0 Å². The molecule has 28 heavy (non-hydrogen) atoms. The van der Waals surface area contributed by atoms with E-state index in [0.29, 0.717) is 32.0 Å². The maximum Gasteiger partial charge on any atom is 0.410 e. The summed E-state index contributed by atoms with van der Waals surface area (Å²) in [6, 6.07) is 19.6. The van der Waals surface area contributed by atoms with Crippen LogP contribution in [0, 0.1) is 0 Å². The molecule has 6 heteroatoms. The number of nitrogens with zero attached hydrogens (tertiary/aromatic N) is 2. The minimum Gasteiger partial charge on any atom is -0.474 e. The molecule has 2 aliphatic heterocycles. The van der Waals surface area contributed by atoms with Gasteiger partial charge in [0.25, 0.3) is 0 Å². The monoisotopic (exact) mass is 380 g/mol. The molecule has 0 aromatic heterocycles. The second kappa shape index (κ2) is 8.33. The molecule has 0 bridgehead atoms. The van der Waals surface area contributed by atoms with E-state index in [1.165, 1.54) is 0 Å². The Labute approximate surface area is 164 Å². The standard InChI is InChI=1S/C22H24N2O4/c25-21(27-16-19-10-5-2-6-11-19)24-13-7-12-22(17-24)14-20(23-28-22)26-15-18-8-3-1-4-9-18/h1-6,8-11H,7,12-17H2. The number of rotatable bonds is 4. The molecular weight excluding hydrogens is 356 g/mol. The second-order valence-corrected chi connectivity index (χ2v) is 7.28. The molecule has 0 saturated carbocycles. The molecule has 6 nitrogen and oxygen atoms in total. The summed E-state index contributed by atoms with van der Waals surface area (Å²) >= 11 is 0. The van der Waals surface area contributed by atoms with Crippen LogP contribution in [0.3, 0.4) is 0 Å². The van der Waals surface area contributed by atoms with Gasteiger partial charge >= 0.3 is 6.09 Å². The summed E-state index contributed by atoms with van der Waals surface area (Å²) in [7, 11) is 0. The van der Waals surface area contributed by atoms with Gasteiger partial charge in [-0.3, -0.25) is 0 Å². The summed E-state index contributed by atoms with van der Waals surface area (Å²) < 4.78 is 11.3. The average molecular weight is 380 g/mol. The highest BCUT2D eigenvalue weighted by molar-refractivity contribution is 5.78. The van der Waals surface area contributed by atoms with Gasteiger partial charge in [0.2, 0.25) is 5.90 Å². The fraction of sp³-hybridized carbons (Fsp3) is 0.364. The molecule has 1 atom stereocenters. The molecule has 0 aliphatic carbocycles. The van der Waals surface area contributed by atoms with Crippen LogP contribution in [0.25, 0.3) is 0 Å². The maximum absolute atomic E-state index is 12.5. The minimum atomic E-state index is -0.504. The van der Waals surface area contributed by atoms with Crippen LogP contribution in [0.15, 0.2) is 65.8 Å². The van der Waals surface area contributed by atoms with E-state index in [4.69, 9.17) is 14.3 Å². The number of hydrogen-bond acceptors (Lipinski definition) is 5. The normalized spacial score (nSPS) is 21.1. The first kappa shape index (κ1) is 18.3. The smallest absolute Gasteiger partial charge is 0.410 e. The molecule has 1 amide bonds. The van der Waals surface area contributed by atoms with Crippen LogP contribution in [0.5, 0.6) is 0 Å². The number of likely N-dealkylation sites (tertiary alicyclic amines) is 1. The van der Waals surface area contributed by atoms with Gasteiger partial charge in [0.05, 0.1) is 13.0 Å². The third-order valence-corrected chi connectivity index (χ3v) is 5.07. The van der Waals surface area contributed by atoms with Gasteiger partial charge in [0.1, 0.15) is 13.2 Å². The van der Waals surface area contributed by atoms with Gasteiger partial charge in [0, 0.05) is 6.54 Å². The van der Waals surface area contributed by atoms with E-state index in [2.05, 4.69) is 5.16 Å². The topological polar surface area (TPSA) is 60.4 Å². The predicted molar refractivity (Wildman–Crippen MR) is 105 cm³/mol. The molecule has 2 aliphatic rings. The summed E-state index contributed by atoms with van der Waals surface area (Å²) in [5, 5.41) is 4.13. The number of oxime groups is 1. The van der Waals surface area contributed by atoms with E-state index in [9.17, 15) is 4.79 Å². The number of carbonyl (C=O) groups is 1. The van der Waals surface area contributed by atoms with Crippen molar-refractivity contribution in [3.63, 3.8) is 0 Å². The van der Waals surface area contributed by atoms with E-state index < -0.39 is 5.60 Å². The third kappa shape index (κ3) is 4.44. The second-order valence-electron chi connectivity index (χ2n) is 7.28. The lowest BCUT2D eigenvalue weighted by Crippen LogP contribution is -2.50. The van der Waals surface area contributed by atoms with Crippen LogP contribution < -0.4 is 0 Å². The van der Waals surface area contributed by atoms with Crippen LogP contribution in [0.2, 0.25) is 0 Å². The number of piperidine rings is 1. The highest BCUT2D eigenvalue weighted by Gasteiger charge is 2.45. The summed E-state index contributed by atoms with van der Waals surface area (Å²) in [5.41, 5.74) is 1.55. The Balaban J connectivity index is 1.28. The first-order valence-corrected chi connectivity index (χ1v) is 9.60. The van der Waals surface area contributed by atoms with Crippen LogP contribution in [-0.4, -0.2) is 35.6 Å². The Morgan fingerprint density at radius 3 is 2.43 bits per heavy atom. The largest absolute Gasteiger partial charge is 0.474 e. The highest BCUT2D eigenvalue weighted by atomic mass is 16.7. The molecule has 2 aromatic rings. The van der Waals surface area contributed by atoms with Crippen LogP contribution in [0.4, 0.5) is 4.79 Å². The lowest BCUT2D eigenvalue weighted by molar-refractivity contribution is -0.0660. The van der Waals surface area contributed by atoms with Crippen molar-refractivity contribution in [2.45, 2.75) is 38.1 Å². The molecular formula is C22H24N2O4. The predicted octanol–water partition coefficient (Wildman–Crippen LogP) is 4.11. The molecule has 1 spiro atoms. The number of benzene rings is 2. The highest BCUT2D eigenvalue weighted by Crippen LogP contribution is 2.34. The fourth-order valence-corrected chi connectivity index (χ4v) is 3.59. The Morgan fingerprint density at radius 2 is 1.71 bits per heavy atom. The van der Waals surface area contributed by atoms with Crippen molar-refractivity contribution in [1.29, 1.82) is 0 Å². The minimum absolute atomic E-state index is 0.270. The Kier molecular flexibility index (Phi) is 5.46. The van der Waals surface area contributed by atoms with E-state index >= 15 is 0 Å². The number of amides is 1. The Hall–Kier alpha value is -3.02. The van der Waals surface area contributed by atoms with Crippen molar-refractivity contribution in [3.8, 4) is 0 Å².